The van der Waals surface area contributed by atoms with Crippen LogP contribution in [0.4, 0.5) is 5.82 Å². The summed E-state index contributed by atoms with van der Waals surface area (Å²) in [5, 5.41) is 6.83. The summed E-state index contributed by atoms with van der Waals surface area (Å²) in [5.74, 6) is 0.440. The van der Waals surface area contributed by atoms with Crippen molar-refractivity contribution in [3.05, 3.63) is 35.9 Å². The zero-order valence-electron chi connectivity index (χ0n) is 10.8. The lowest BCUT2D eigenvalue weighted by atomic mass is 10.1. The van der Waals surface area contributed by atoms with Crippen LogP contribution in [-0.4, -0.2) is 21.4 Å². The second kappa shape index (κ2) is 4.59. The van der Waals surface area contributed by atoms with E-state index in [9.17, 15) is 0 Å². The van der Waals surface area contributed by atoms with Crippen LogP contribution in [0, 0.1) is 6.92 Å². The number of hydrogen-bond acceptors (Lipinski definition) is 4. The third kappa shape index (κ3) is 2.06. The Morgan fingerprint density at radius 1 is 1.21 bits per heavy atom. The first kappa shape index (κ1) is 12.0. The Morgan fingerprint density at radius 2 is 2.05 bits per heavy atom. The molecule has 3 aromatic rings. The second-order valence-corrected chi connectivity index (χ2v) is 5.26. The van der Waals surface area contributed by atoms with E-state index >= 15 is 0 Å². The van der Waals surface area contributed by atoms with Gasteiger partial charge in [-0.05, 0) is 43.0 Å². The third-order valence-electron chi connectivity index (χ3n) is 3.14. The molecule has 0 fully saturated rings. The molecule has 0 spiro atoms. The Labute approximate surface area is 115 Å². The van der Waals surface area contributed by atoms with Crippen molar-refractivity contribution >= 4 is 28.6 Å². The number of nitrogen functional groups attached to an aromatic ring is 1. The van der Waals surface area contributed by atoms with Crippen molar-refractivity contribution in [1.29, 1.82) is 0 Å². The number of H-pyrrole nitrogens is 1. The minimum Gasteiger partial charge on any atom is -0.380 e. The number of benzene rings is 1. The molecule has 96 valence electrons. The number of aromatic amines is 1. The second-order valence-electron chi connectivity index (χ2n) is 4.38. The van der Waals surface area contributed by atoms with Crippen LogP contribution in [0.15, 0.2) is 35.2 Å². The lowest BCUT2D eigenvalue weighted by Crippen LogP contribution is -1.90. The molecule has 0 aliphatic carbocycles. The van der Waals surface area contributed by atoms with E-state index in [4.69, 9.17) is 5.73 Å². The van der Waals surface area contributed by atoms with Gasteiger partial charge in [-0.25, -0.2) is 4.98 Å². The number of nitrogens with one attached hydrogen (secondary N) is 1. The number of aromatic nitrogens is 3. The Morgan fingerprint density at radius 3 is 2.79 bits per heavy atom. The van der Waals surface area contributed by atoms with Crippen molar-refractivity contribution in [2.45, 2.75) is 11.8 Å². The number of nitrogens with two attached hydrogens (primary N) is 1. The van der Waals surface area contributed by atoms with Gasteiger partial charge in [0, 0.05) is 10.5 Å². The van der Waals surface area contributed by atoms with E-state index in [-0.39, 0.29) is 0 Å². The zero-order valence-corrected chi connectivity index (χ0v) is 11.6. The predicted molar refractivity (Wildman–Crippen MR) is 80.3 cm³/mol. The highest BCUT2D eigenvalue weighted by Crippen LogP contribution is 2.28. The summed E-state index contributed by atoms with van der Waals surface area (Å²) >= 11 is 1.74. The smallest absolute Gasteiger partial charge is 0.171 e. The fraction of sp³-hybridized carbons (Fsp3) is 0.143. The van der Waals surface area contributed by atoms with Crippen LogP contribution in [0.25, 0.3) is 22.3 Å². The van der Waals surface area contributed by atoms with Gasteiger partial charge in [-0.15, -0.1) is 11.8 Å². The topological polar surface area (TPSA) is 67.6 Å². The molecule has 4 nitrogen and oxygen atoms in total. The van der Waals surface area contributed by atoms with Crippen LogP contribution in [0.3, 0.4) is 0 Å². The first-order valence-corrected chi connectivity index (χ1v) is 7.17. The largest absolute Gasteiger partial charge is 0.380 e. The number of hydrogen-bond donors (Lipinski definition) is 2. The van der Waals surface area contributed by atoms with Gasteiger partial charge < -0.3 is 5.73 Å². The number of pyridine rings is 1. The molecule has 0 aliphatic rings. The van der Waals surface area contributed by atoms with E-state index in [1.807, 2.05) is 12.1 Å². The number of fused-ring (bicyclic) bond motifs is 1. The normalized spacial score (nSPS) is 11.1. The maximum atomic E-state index is 5.80. The lowest BCUT2D eigenvalue weighted by Gasteiger charge is -2.07. The van der Waals surface area contributed by atoms with E-state index < -0.39 is 0 Å². The molecule has 2 heterocycles. The van der Waals surface area contributed by atoms with Crippen molar-refractivity contribution in [1.82, 2.24) is 15.2 Å². The Bertz CT molecular complexity index is 748. The van der Waals surface area contributed by atoms with Gasteiger partial charge in [0.2, 0.25) is 0 Å². The molecule has 0 aliphatic heterocycles. The summed E-state index contributed by atoms with van der Waals surface area (Å²) in [6.07, 6.45) is 2.07. The number of aryl methyl sites for hydroxylation is 1. The number of thioether (sulfide) groups is 1. The van der Waals surface area contributed by atoms with E-state index in [0.717, 1.165) is 22.3 Å². The molecule has 3 N–H and O–H groups in total. The molecular weight excluding hydrogens is 256 g/mol. The zero-order chi connectivity index (χ0) is 13.4. The number of nitrogens with zero attached hydrogens (tertiary/aromatic N) is 2. The first-order chi connectivity index (χ1) is 9.19. The van der Waals surface area contributed by atoms with Crippen LogP contribution in [0.5, 0.6) is 0 Å². The summed E-state index contributed by atoms with van der Waals surface area (Å²) in [6.45, 7) is 2.10. The van der Waals surface area contributed by atoms with Crippen molar-refractivity contribution in [3.63, 3.8) is 0 Å². The lowest BCUT2D eigenvalue weighted by molar-refractivity contribution is 1.13. The molecule has 0 saturated heterocycles. The highest BCUT2D eigenvalue weighted by molar-refractivity contribution is 7.98. The van der Waals surface area contributed by atoms with E-state index in [1.165, 1.54) is 10.5 Å². The highest BCUT2D eigenvalue weighted by Gasteiger charge is 2.08. The third-order valence-corrected chi connectivity index (χ3v) is 3.87. The molecule has 3 rings (SSSR count). The molecule has 0 amide bonds. The van der Waals surface area contributed by atoms with E-state index in [1.54, 1.807) is 11.8 Å². The fourth-order valence-electron chi connectivity index (χ4n) is 2.12. The standard InChI is InChI=1S/C14H14N4S/c1-8-7-9(19-2)3-4-10(8)11-5-6-12-13(16-11)14(15)18-17-12/h3-7H,1-2H3,(H3,15,17,18). The molecule has 2 aromatic heterocycles. The quantitative estimate of drug-likeness (QED) is 0.701. The van der Waals surface area contributed by atoms with Crippen LogP contribution >= 0.6 is 11.8 Å². The van der Waals surface area contributed by atoms with Gasteiger partial charge >= 0.3 is 0 Å². The summed E-state index contributed by atoms with van der Waals surface area (Å²) in [6, 6.07) is 10.3. The summed E-state index contributed by atoms with van der Waals surface area (Å²) in [4.78, 5) is 5.85. The van der Waals surface area contributed by atoms with E-state index in [0.29, 0.717) is 5.82 Å². The highest BCUT2D eigenvalue weighted by atomic mass is 32.2. The molecule has 5 heteroatoms. The molecule has 0 unspecified atom stereocenters. The SMILES string of the molecule is CSc1ccc(-c2ccc3[nH]nc(N)c3n2)c(C)c1. The fourth-order valence-corrected chi connectivity index (χ4v) is 2.62. The predicted octanol–water partition coefficient (Wildman–Crippen LogP) is 3.24. The number of rotatable bonds is 2. The van der Waals surface area contributed by atoms with Crippen LogP contribution < -0.4 is 5.73 Å². The first-order valence-electron chi connectivity index (χ1n) is 5.94. The Hall–Kier alpha value is -2.01. The summed E-state index contributed by atoms with van der Waals surface area (Å²) in [5.41, 5.74) is 10.6. The van der Waals surface area contributed by atoms with Gasteiger partial charge in [0.1, 0.15) is 5.52 Å². The van der Waals surface area contributed by atoms with Crippen LogP contribution in [0.1, 0.15) is 5.56 Å². The molecule has 0 radical (unpaired) electrons. The maximum Gasteiger partial charge on any atom is 0.171 e. The van der Waals surface area contributed by atoms with Gasteiger partial charge in [0.15, 0.2) is 5.82 Å². The van der Waals surface area contributed by atoms with Gasteiger partial charge in [-0.2, -0.15) is 5.10 Å². The molecule has 0 atom stereocenters. The molecule has 19 heavy (non-hydrogen) atoms. The molecular formula is C14H14N4S. The minimum absolute atomic E-state index is 0.440. The number of anilines is 1. The molecule has 0 saturated carbocycles. The van der Waals surface area contributed by atoms with Gasteiger partial charge in [0.05, 0.1) is 11.2 Å². The van der Waals surface area contributed by atoms with Crippen molar-refractivity contribution in [3.8, 4) is 11.3 Å². The summed E-state index contributed by atoms with van der Waals surface area (Å²) < 4.78 is 0. The summed E-state index contributed by atoms with van der Waals surface area (Å²) in [7, 11) is 0. The maximum absolute atomic E-state index is 5.80. The van der Waals surface area contributed by atoms with E-state index in [2.05, 4.69) is 46.6 Å². The minimum atomic E-state index is 0.440. The van der Waals surface area contributed by atoms with Crippen LogP contribution in [0.2, 0.25) is 0 Å². The van der Waals surface area contributed by atoms with Gasteiger partial charge in [-0.1, -0.05) is 6.07 Å². The van der Waals surface area contributed by atoms with Crippen molar-refractivity contribution < 1.29 is 0 Å². The van der Waals surface area contributed by atoms with Gasteiger partial charge in [-0.3, -0.25) is 5.10 Å². The molecule has 0 bridgehead atoms. The van der Waals surface area contributed by atoms with Crippen LogP contribution in [-0.2, 0) is 0 Å². The molecule has 1 aromatic carbocycles. The van der Waals surface area contributed by atoms with Crippen molar-refractivity contribution in [2.24, 2.45) is 0 Å². The van der Waals surface area contributed by atoms with Crippen molar-refractivity contribution in [2.75, 3.05) is 12.0 Å². The monoisotopic (exact) mass is 270 g/mol. The average molecular weight is 270 g/mol. The Kier molecular flexibility index (Phi) is 2.91. The Balaban J connectivity index is 2.15. The average Bonchev–Trinajstić information content (AvgIpc) is 2.80. The van der Waals surface area contributed by atoms with Gasteiger partial charge in [0.25, 0.3) is 0 Å².